The van der Waals surface area contributed by atoms with Gasteiger partial charge in [-0.3, -0.25) is 0 Å². The molecule has 1 heterocycles. The van der Waals surface area contributed by atoms with Gasteiger partial charge in [-0.2, -0.15) is 0 Å². The van der Waals surface area contributed by atoms with Crippen LogP contribution in [0.5, 0.6) is 0 Å². The second kappa shape index (κ2) is 4.64. The lowest BCUT2D eigenvalue weighted by molar-refractivity contribution is 0.0133. The van der Waals surface area contributed by atoms with E-state index in [1.165, 1.54) is 0 Å². The molecule has 2 atom stereocenters. The van der Waals surface area contributed by atoms with Crippen molar-refractivity contribution < 1.29 is 9.53 Å². The Balaban J connectivity index is 2.45. The number of hydrogen-bond donors (Lipinski definition) is 1. The average Bonchev–Trinajstić information content (AvgIpc) is 2.14. The fourth-order valence-electron chi connectivity index (χ4n) is 1.93. The molecular weight excluding hydrogens is 180 g/mol. The zero-order valence-electron chi connectivity index (χ0n) is 9.41. The zero-order valence-corrected chi connectivity index (χ0v) is 9.41. The summed E-state index contributed by atoms with van der Waals surface area (Å²) < 4.78 is 5.25. The van der Waals surface area contributed by atoms with Crippen LogP contribution in [0.25, 0.3) is 0 Å². The maximum Gasteiger partial charge on any atom is 0.407 e. The summed E-state index contributed by atoms with van der Waals surface area (Å²) in [5.74, 6) is 0. The summed E-state index contributed by atoms with van der Waals surface area (Å²) in [7, 11) is 3.70. The van der Waals surface area contributed by atoms with Crippen molar-refractivity contribution in [2.45, 2.75) is 44.9 Å². The van der Waals surface area contributed by atoms with E-state index in [-0.39, 0.29) is 12.2 Å². The monoisotopic (exact) mass is 200 g/mol. The first-order chi connectivity index (χ1) is 6.54. The van der Waals surface area contributed by atoms with Gasteiger partial charge in [0.1, 0.15) is 6.10 Å². The molecule has 0 aromatic rings. The summed E-state index contributed by atoms with van der Waals surface area (Å²) >= 11 is 0. The van der Waals surface area contributed by atoms with Crippen LogP contribution >= 0.6 is 0 Å². The Hall–Kier alpha value is -0.770. The molecule has 4 heteroatoms. The van der Waals surface area contributed by atoms with Crippen molar-refractivity contribution >= 4 is 6.09 Å². The summed E-state index contributed by atoms with van der Waals surface area (Å²) in [4.78, 5) is 13.4. The topological polar surface area (TPSA) is 41.6 Å². The largest absolute Gasteiger partial charge is 0.446 e. The minimum atomic E-state index is -0.320. The van der Waals surface area contributed by atoms with Gasteiger partial charge < -0.3 is 15.0 Å². The Labute approximate surface area is 85.6 Å². The predicted octanol–water partition coefficient (Wildman–Crippen LogP) is 1.21. The molecule has 1 aliphatic heterocycles. The number of ether oxygens (including phenoxy) is 1. The van der Waals surface area contributed by atoms with E-state index in [9.17, 15) is 4.79 Å². The number of nitrogens with one attached hydrogen (secondary N) is 1. The van der Waals surface area contributed by atoms with Crippen LogP contribution < -0.4 is 5.32 Å². The fourth-order valence-corrected chi connectivity index (χ4v) is 1.93. The van der Waals surface area contributed by atoms with Gasteiger partial charge >= 0.3 is 6.09 Å². The van der Waals surface area contributed by atoms with Crippen molar-refractivity contribution in [3.05, 3.63) is 0 Å². The number of rotatable bonds is 1. The molecule has 1 amide bonds. The van der Waals surface area contributed by atoms with E-state index in [4.69, 9.17) is 4.74 Å². The van der Waals surface area contributed by atoms with Gasteiger partial charge in [0.25, 0.3) is 0 Å². The van der Waals surface area contributed by atoms with Gasteiger partial charge in [0, 0.05) is 19.1 Å². The predicted molar refractivity (Wildman–Crippen MR) is 55.2 cm³/mol. The first kappa shape index (κ1) is 11.3. The minimum absolute atomic E-state index is 0.0659. The Kier molecular flexibility index (Phi) is 3.75. The summed E-state index contributed by atoms with van der Waals surface area (Å²) in [5.41, 5.74) is 0. The lowest BCUT2D eigenvalue weighted by Gasteiger charge is -2.39. The maximum absolute atomic E-state index is 11.0. The molecule has 0 aromatic heterocycles. The third-order valence-electron chi connectivity index (χ3n) is 3.08. The highest BCUT2D eigenvalue weighted by molar-refractivity contribution is 5.66. The van der Waals surface area contributed by atoms with Gasteiger partial charge in [0.05, 0.1) is 0 Å². The summed E-state index contributed by atoms with van der Waals surface area (Å²) in [6.07, 6.45) is 1.60. The van der Waals surface area contributed by atoms with E-state index in [1.807, 2.05) is 0 Å². The summed E-state index contributed by atoms with van der Waals surface area (Å²) in [6.45, 7) is 4.33. The van der Waals surface area contributed by atoms with Crippen molar-refractivity contribution in [2.75, 3.05) is 14.1 Å². The van der Waals surface area contributed by atoms with E-state index in [2.05, 4.69) is 31.1 Å². The van der Waals surface area contributed by atoms with Crippen LogP contribution in [0.3, 0.4) is 0 Å². The summed E-state index contributed by atoms with van der Waals surface area (Å²) in [5, 5.41) is 2.48. The second-order valence-corrected chi connectivity index (χ2v) is 4.11. The molecule has 1 aliphatic rings. The van der Waals surface area contributed by atoms with Crippen molar-refractivity contribution in [1.82, 2.24) is 10.2 Å². The Morgan fingerprint density at radius 2 is 1.86 bits per heavy atom. The van der Waals surface area contributed by atoms with E-state index in [0.29, 0.717) is 12.1 Å². The molecule has 2 unspecified atom stereocenters. The van der Waals surface area contributed by atoms with Crippen LogP contribution in [0.4, 0.5) is 4.79 Å². The third kappa shape index (κ3) is 2.61. The maximum atomic E-state index is 11.0. The molecule has 0 aliphatic carbocycles. The molecule has 14 heavy (non-hydrogen) atoms. The van der Waals surface area contributed by atoms with Crippen LogP contribution in [0, 0.1) is 0 Å². The van der Waals surface area contributed by atoms with Crippen molar-refractivity contribution in [3.8, 4) is 0 Å². The number of likely N-dealkylation sites (tertiary alicyclic amines) is 1. The number of carbonyl (C=O) groups is 1. The molecule has 0 spiro atoms. The van der Waals surface area contributed by atoms with E-state index < -0.39 is 0 Å². The molecule has 82 valence electrons. The highest BCUT2D eigenvalue weighted by Crippen LogP contribution is 2.23. The van der Waals surface area contributed by atoms with E-state index >= 15 is 0 Å². The first-order valence-electron chi connectivity index (χ1n) is 5.15. The van der Waals surface area contributed by atoms with Gasteiger partial charge in [-0.05, 0) is 33.7 Å². The molecule has 0 radical (unpaired) electrons. The minimum Gasteiger partial charge on any atom is -0.446 e. The zero-order chi connectivity index (χ0) is 10.7. The molecular formula is C10H20N2O2. The van der Waals surface area contributed by atoms with Gasteiger partial charge in [-0.1, -0.05) is 0 Å². The Morgan fingerprint density at radius 3 is 2.29 bits per heavy atom. The molecule has 1 N–H and O–H groups in total. The number of carbonyl (C=O) groups excluding carboxylic acids is 1. The molecule has 4 nitrogen and oxygen atoms in total. The number of piperidine rings is 1. The van der Waals surface area contributed by atoms with Crippen LogP contribution in [-0.2, 0) is 4.74 Å². The van der Waals surface area contributed by atoms with Gasteiger partial charge in [0.15, 0.2) is 0 Å². The lowest BCUT2D eigenvalue weighted by Crippen LogP contribution is -2.47. The highest BCUT2D eigenvalue weighted by atomic mass is 16.6. The fraction of sp³-hybridized carbons (Fsp3) is 0.900. The lowest BCUT2D eigenvalue weighted by atomic mass is 9.96. The van der Waals surface area contributed by atoms with Crippen molar-refractivity contribution in [3.63, 3.8) is 0 Å². The van der Waals surface area contributed by atoms with Crippen LogP contribution in [0.15, 0.2) is 0 Å². The normalized spacial score (nSPS) is 33.9. The average molecular weight is 200 g/mol. The van der Waals surface area contributed by atoms with Crippen LogP contribution in [-0.4, -0.2) is 43.3 Å². The molecule has 1 saturated heterocycles. The van der Waals surface area contributed by atoms with E-state index in [0.717, 1.165) is 12.8 Å². The van der Waals surface area contributed by atoms with Crippen molar-refractivity contribution in [1.29, 1.82) is 0 Å². The standard InChI is InChI=1S/C10H20N2O2/c1-7-5-9(14-10(13)11-3)6-8(2)12(7)4/h7-9H,5-6H2,1-4H3,(H,11,13). The summed E-state index contributed by atoms with van der Waals surface area (Å²) in [6, 6.07) is 0.960. The quantitative estimate of drug-likeness (QED) is 0.692. The first-order valence-corrected chi connectivity index (χ1v) is 5.15. The number of alkyl carbamates (subject to hydrolysis) is 1. The molecule has 1 fully saturated rings. The van der Waals surface area contributed by atoms with Gasteiger partial charge in [0.2, 0.25) is 0 Å². The van der Waals surface area contributed by atoms with Crippen LogP contribution in [0.1, 0.15) is 26.7 Å². The highest BCUT2D eigenvalue weighted by Gasteiger charge is 2.30. The Morgan fingerprint density at radius 1 is 1.36 bits per heavy atom. The molecule has 0 saturated carbocycles. The van der Waals surface area contributed by atoms with Gasteiger partial charge in [-0.15, -0.1) is 0 Å². The number of hydrogen-bond acceptors (Lipinski definition) is 3. The third-order valence-corrected chi connectivity index (χ3v) is 3.08. The smallest absolute Gasteiger partial charge is 0.407 e. The Bertz CT molecular complexity index is 196. The SMILES string of the molecule is CNC(=O)OC1CC(C)N(C)C(C)C1. The van der Waals surface area contributed by atoms with Crippen molar-refractivity contribution in [2.24, 2.45) is 0 Å². The van der Waals surface area contributed by atoms with E-state index in [1.54, 1.807) is 7.05 Å². The molecule has 0 bridgehead atoms. The molecule has 1 rings (SSSR count). The number of amides is 1. The number of nitrogens with zero attached hydrogens (tertiary/aromatic N) is 1. The second-order valence-electron chi connectivity index (χ2n) is 4.11. The molecule has 0 aromatic carbocycles. The van der Waals surface area contributed by atoms with Gasteiger partial charge in [-0.25, -0.2) is 4.79 Å². The van der Waals surface area contributed by atoms with Crippen LogP contribution in [0.2, 0.25) is 0 Å².